The lowest BCUT2D eigenvalue weighted by molar-refractivity contribution is -0.164. The summed E-state index contributed by atoms with van der Waals surface area (Å²) < 4.78 is 26.1. The Morgan fingerprint density at radius 2 is 1.76 bits per heavy atom. The van der Waals surface area contributed by atoms with E-state index in [2.05, 4.69) is 62.2 Å². The smallest absolute Gasteiger partial charge is 0.339 e. The van der Waals surface area contributed by atoms with E-state index >= 15 is 0 Å². The lowest BCUT2D eigenvalue weighted by atomic mass is 9.92. The number of methoxy groups -OCH3 is 1. The maximum Gasteiger partial charge on any atom is 0.339 e. The quantitative estimate of drug-likeness (QED) is 0.103. The highest BCUT2D eigenvalue weighted by atomic mass is 16.6. The molecular formula is C41H52N4O5. The highest BCUT2D eigenvalue weighted by molar-refractivity contribution is 5.81. The van der Waals surface area contributed by atoms with Crippen LogP contribution in [0.25, 0.3) is 28.0 Å². The van der Waals surface area contributed by atoms with Crippen LogP contribution in [0, 0.1) is 13.8 Å². The Balaban J connectivity index is 1.64. The minimum absolute atomic E-state index is 0.00482. The molecule has 3 heterocycles. The van der Waals surface area contributed by atoms with Gasteiger partial charge in [0, 0.05) is 42.4 Å². The Labute approximate surface area is 296 Å². The topological polar surface area (TPSA) is 87.4 Å². The summed E-state index contributed by atoms with van der Waals surface area (Å²) in [6, 6.07) is 16.6. The number of benzene rings is 2. The van der Waals surface area contributed by atoms with Gasteiger partial charge in [-0.1, -0.05) is 42.0 Å². The Kier molecular flexibility index (Phi) is 11.2. The van der Waals surface area contributed by atoms with E-state index in [1.165, 1.54) is 7.11 Å². The molecule has 0 N–H and O–H groups in total. The number of aromatic nitrogens is 3. The summed E-state index contributed by atoms with van der Waals surface area (Å²) in [6.07, 6.45) is 4.97. The van der Waals surface area contributed by atoms with E-state index < -0.39 is 17.7 Å². The average Bonchev–Trinajstić information content (AvgIpc) is 3.50. The molecule has 1 saturated heterocycles. The third-order valence-electron chi connectivity index (χ3n) is 9.05. The van der Waals surface area contributed by atoms with E-state index in [1.54, 1.807) is 6.08 Å². The van der Waals surface area contributed by atoms with Crippen molar-refractivity contribution in [3.05, 3.63) is 90.7 Å². The van der Waals surface area contributed by atoms with Crippen LogP contribution in [0.4, 0.5) is 5.82 Å². The highest BCUT2D eigenvalue weighted by Crippen LogP contribution is 2.39. The standard InChI is InChI=1S/C41H52N4O5/c1-11-14-28(4)49-34-18-17-27(3)24-32(34)30-15-13-16-31(25-30)33-26-35-42-29(5)36(37(39(46)47-10)50-40(6,7)8)38(45(35)43-33)44-21-19-41(9,20-22-44)48-23-12-2/h11-13,15-18,24-26,28,37H,1-2,14,19-23H2,3-10H3. The summed E-state index contributed by atoms with van der Waals surface area (Å²) in [5, 5.41) is 5.18. The Morgan fingerprint density at radius 1 is 1.04 bits per heavy atom. The molecule has 0 aliphatic carbocycles. The number of fused-ring (bicyclic) bond motifs is 1. The fourth-order valence-electron chi connectivity index (χ4n) is 6.47. The summed E-state index contributed by atoms with van der Waals surface area (Å²) in [7, 11) is 1.38. The lowest BCUT2D eigenvalue weighted by Crippen LogP contribution is -2.45. The van der Waals surface area contributed by atoms with Crippen molar-refractivity contribution < 1.29 is 23.7 Å². The third-order valence-corrected chi connectivity index (χ3v) is 9.05. The first kappa shape index (κ1) is 36.8. The predicted octanol–water partition coefficient (Wildman–Crippen LogP) is 8.61. The number of anilines is 1. The molecule has 5 rings (SSSR count). The Morgan fingerprint density at radius 3 is 2.42 bits per heavy atom. The minimum Gasteiger partial charge on any atom is -0.490 e. The monoisotopic (exact) mass is 680 g/mol. The van der Waals surface area contributed by atoms with E-state index in [4.69, 9.17) is 29.0 Å². The first-order chi connectivity index (χ1) is 23.8. The number of piperidine rings is 1. The lowest BCUT2D eigenvalue weighted by Gasteiger charge is -2.41. The molecule has 0 spiro atoms. The number of carbonyl (C=O) groups excluding carboxylic acids is 1. The second-order valence-electron chi connectivity index (χ2n) is 14.4. The number of hydrogen-bond donors (Lipinski definition) is 0. The first-order valence-electron chi connectivity index (χ1n) is 17.4. The number of esters is 1. The van der Waals surface area contributed by atoms with Crippen LogP contribution in [0.1, 0.15) is 76.8 Å². The van der Waals surface area contributed by atoms with E-state index in [0.29, 0.717) is 36.6 Å². The molecule has 1 aliphatic heterocycles. The molecule has 2 aromatic heterocycles. The molecule has 2 atom stereocenters. The van der Waals surface area contributed by atoms with Crippen molar-refractivity contribution in [1.82, 2.24) is 14.6 Å². The van der Waals surface area contributed by atoms with Crippen LogP contribution in [-0.4, -0.2) is 64.7 Å². The molecule has 4 aromatic rings. The van der Waals surface area contributed by atoms with Crippen LogP contribution >= 0.6 is 0 Å². The number of nitrogens with zero attached hydrogens (tertiary/aromatic N) is 4. The van der Waals surface area contributed by atoms with Crippen molar-refractivity contribution in [2.45, 2.75) is 91.1 Å². The maximum absolute atomic E-state index is 13.4. The molecule has 50 heavy (non-hydrogen) atoms. The van der Waals surface area contributed by atoms with Crippen LogP contribution in [0.5, 0.6) is 5.75 Å². The summed E-state index contributed by atoms with van der Waals surface area (Å²) in [5.74, 6) is 1.11. The van der Waals surface area contributed by atoms with Crippen LogP contribution in [0.15, 0.2) is 73.8 Å². The molecule has 1 aliphatic rings. The van der Waals surface area contributed by atoms with Gasteiger partial charge >= 0.3 is 5.97 Å². The van der Waals surface area contributed by atoms with Crippen molar-refractivity contribution in [1.29, 1.82) is 0 Å². The molecule has 9 nitrogen and oxygen atoms in total. The minimum atomic E-state index is -1.00. The van der Waals surface area contributed by atoms with Gasteiger partial charge in [0.2, 0.25) is 0 Å². The third kappa shape index (κ3) is 8.28. The van der Waals surface area contributed by atoms with Crippen molar-refractivity contribution in [3.8, 4) is 28.1 Å². The zero-order valence-electron chi connectivity index (χ0n) is 30.9. The normalized spacial score (nSPS) is 15.8. The summed E-state index contributed by atoms with van der Waals surface area (Å²) >= 11 is 0. The van der Waals surface area contributed by atoms with E-state index in [-0.39, 0.29) is 11.7 Å². The summed E-state index contributed by atoms with van der Waals surface area (Å²) in [5.41, 5.74) is 5.96. The molecule has 2 aromatic carbocycles. The largest absolute Gasteiger partial charge is 0.490 e. The first-order valence-corrected chi connectivity index (χ1v) is 17.4. The van der Waals surface area contributed by atoms with Crippen molar-refractivity contribution in [3.63, 3.8) is 0 Å². The second-order valence-corrected chi connectivity index (χ2v) is 14.4. The molecule has 2 unspecified atom stereocenters. The van der Waals surface area contributed by atoms with Gasteiger partial charge in [0.05, 0.1) is 42.3 Å². The second kappa shape index (κ2) is 15.2. The zero-order valence-corrected chi connectivity index (χ0v) is 30.9. The molecule has 0 amide bonds. The highest BCUT2D eigenvalue weighted by Gasteiger charge is 2.38. The molecule has 0 radical (unpaired) electrons. The predicted molar refractivity (Wildman–Crippen MR) is 200 cm³/mol. The van der Waals surface area contributed by atoms with Crippen molar-refractivity contribution in [2.75, 3.05) is 31.7 Å². The van der Waals surface area contributed by atoms with E-state index in [0.717, 1.165) is 58.8 Å². The van der Waals surface area contributed by atoms with Gasteiger partial charge in [0.15, 0.2) is 11.8 Å². The molecule has 0 saturated carbocycles. The maximum atomic E-state index is 13.4. The van der Waals surface area contributed by atoms with Gasteiger partial charge in [0.25, 0.3) is 0 Å². The number of ether oxygens (including phenoxy) is 4. The molecule has 1 fully saturated rings. The fraction of sp³-hybridized carbons (Fsp3) is 0.439. The van der Waals surface area contributed by atoms with Gasteiger partial charge in [-0.05, 0) is 85.1 Å². The van der Waals surface area contributed by atoms with Gasteiger partial charge in [-0.3, -0.25) is 0 Å². The van der Waals surface area contributed by atoms with Gasteiger partial charge in [0.1, 0.15) is 11.6 Å². The molecular weight excluding hydrogens is 628 g/mol. The Bertz CT molecular complexity index is 1850. The number of rotatable bonds is 13. The van der Waals surface area contributed by atoms with Crippen LogP contribution in [0.3, 0.4) is 0 Å². The number of hydrogen-bond acceptors (Lipinski definition) is 8. The van der Waals surface area contributed by atoms with Gasteiger partial charge in [-0.2, -0.15) is 9.61 Å². The number of carbonyl (C=O) groups is 1. The van der Waals surface area contributed by atoms with Gasteiger partial charge in [-0.15, -0.1) is 13.2 Å². The number of aryl methyl sites for hydroxylation is 2. The molecule has 9 heteroatoms. The van der Waals surface area contributed by atoms with Crippen molar-refractivity contribution >= 4 is 17.4 Å². The summed E-state index contributed by atoms with van der Waals surface area (Å²) in [4.78, 5) is 20.7. The van der Waals surface area contributed by atoms with Crippen molar-refractivity contribution in [2.24, 2.45) is 0 Å². The van der Waals surface area contributed by atoms with Gasteiger partial charge in [-0.25, -0.2) is 9.78 Å². The van der Waals surface area contributed by atoms with Crippen LogP contribution in [-0.2, 0) is 19.0 Å². The van der Waals surface area contributed by atoms with Crippen LogP contribution < -0.4 is 9.64 Å². The zero-order chi connectivity index (χ0) is 36.2. The fourth-order valence-corrected chi connectivity index (χ4v) is 6.47. The summed E-state index contributed by atoms with van der Waals surface area (Å²) in [6.45, 7) is 23.5. The van der Waals surface area contributed by atoms with Crippen LogP contribution in [0.2, 0.25) is 0 Å². The molecule has 0 bridgehead atoms. The van der Waals surface area contributed by atoms with Gasteiger partial charge < -0.3 is 23.8 Å². The average molecular weight is 681 g/mol. The molecule has 266 valence electrons. The van der Waals surface area contributed by atoms with E-state index in [9.17, 15) is 4.79 Å². The SMILES string of the molecule is C=CCOC1(C)CCN(c2c(C(OC(C)(C)C)C(=O)OC)c(C)nc3cc(-c4cccc(-c5cc(C)ccc5OC(C)CC=C)c4)nn23)CC1. The Hall–Kier alpha value is -4.47. The van der Waals surface area contributed by atoms with E-state index in [1.807, 2.05) is 63.4 Å².